The lowest BCUT2D eigenvalue weighted by Gasteiger charge is -2.29. The molecule has 1 amide bonds. The average molecular weight is 363 g/mol. The van der Waals surface area contributed by atoms with E-state index in [2.05, 4.69) is 34.9 Å². The van der Waals surface area contributed by atoms with Crippen LogP contribution in [0.1, 0.15) is 36.9 Å². The molecule has 2 N–H and O–H groups in total. The molecule has 2 atom stereocenters. The first kappa shape index (κ1) is 17.3. The molecule has 126 valence electrons. The first-order valence-corrected chi connectivity index (χ1v) is 8.90. The van der Waals surface area contributed by atoms with Gasteiger partial charge >= 0.3 is 0 Å². The minimum absolute atomic E-state index is 0.123. The number of carbonyl (C=O) groups is 1. The van der Waals surface area contributed by atoms with E-state index in [1.54, 1.807) is 18.2 Å². The second-order valence-corrected chi connectivity index (χ2v) is 6.99. The van der Waals surface area contributed by atoms with Gasteiger partial charge in [-0.15, -0.1) is 0 Å². The molecule has 0 saturated carbocycles. The molecule has 0 fully saturated rings. The number of hydrogen-bond donors (Lipinski definition) is 2. The van der Waals surface area contributed by atoms with Crippen LogP contribution in [0.3, 0.4) is 0 Å². The molecule has 0 radical (unpaired) electrons. The van der Waals surface area contributed by atoms with E-state index in [-0.39, 0.29) is 18.0 Å². The van der Waals surface area contributed by atoms with Crippen LogP contribution in [0.4, 0.5) is 5.69 Å². The van der Waals surface area contributed by atoms with Crippen LogP contribution in [-0.2, 0) is 11.2 Å². The lowest BCUT2D eigenvalue weighted by atomic mass is 9.87. The predicted octanol–water partition coefficient (Wildman–Crippen LogP) is 4.99. The molecule has 3 nitrogen and oxygen atoms in total. The number of anilines is 1. The Morgan fingerprint density at radius 2 is 2.00 bits per heavy atom. The van der Waals surface area contributed by atoms with Crippen molar-refractivity contribution in [1.29, 1.82) is 0 Å². The van der Waals surface area contributed by atoms with Crippen molar-refractivity contribution >= 4 is 34.8 Å². The van der Waals surface area contributed by atoms with Gasteiger partial charge in [0.05, 0.1) is 16.8 Å². The highest BCUT2D eigenvalue weighted by molar-refractivity contribution is 6.35. The highest BCUT2D eigenvalue weighted by atomic mass is 35.5. The number of rotatable bonds is 4. The van der Waals surface area contributed by atoms with Crippen molar-refractivity contribution < 1.29 is 4.79 Å². The summed E-state index contributed by atoms with van der Waals surface area (Å²) < 4.78 is 0. The van der Waals surface area contributed by atoms with Crippen molar-refractivity contribution in [2.45, 2.75) is 38.3 Å². The Kier molecular flexibility index (Phi) is 5.44. The molecule has 2 aromatic rings. The Balaban J connectivity index is 1.68. The SMILES string of the molecule is C[C@@H](N[C@@H]1CCCc2ccccc21)C(=O)Nc1cc(Cl)ccc1Cl. The van der Waals surface area contributed by atoms with Crippen LogP contribution in [0.15, 0.2) is 42.5 Å². The van der Waals surface area contributed by atoms with Gasteiger partial charge in [0.1, 0.15) is 0 Å². The fourth-order valence-corrected chi connectivity index (χ4v) is 3.48. The summed E-state index contributed by atoms with van der Waals surface area (Å²) in [5.74, 6) is -0.123. The Bertz CT molecular complexity index is 748. The second kappa shape index (κ2) is 7.56. The second-order valence-electron chi connectivity index (χ2n) is 6.15. The molecule has 0 heterocycles. The molecule has 2 aromatic carbocycles. The lowest BCUT2D eigenvalue weighted by Crippen LogP contribution is -2.41. The highest BCUT2D eigenvalue weighted by Crippen LogP contribution is 2.30. The van der Waals surface area contributed by atoms with Crippen LogP contribution in [-0.4, -0.2) is 11.9 Å². The third kappa shape index (κ3) is 3.92. The Hall–Kier alpha value is -1.55. The van der Waals surface area contributed by atoms with Crippen LogP contribution in [0, 0.1) is 0 Å². The summed E-state index contributed by atoms with van der Waals surface area (Å²) in [6, 6.07) is 13.3. The first-order chi connectivity index (χ1) is 11.5. The largest absolute Gasteiger partial charge is 0.323 e. The summed E-state index contributed by atoms with van der Waals surface area (Å²) in [6.07, 6.45) is 3.27. The molecular formula is C19H20Cl2N2O. The molecular weight excluding hydrogens is 343 g/mol. The zero-order valence-electron chi connectivity index (χ0n) is 13.5. The van der Waals surface area contributed by atoms with Crippen LogP contribution in [0.25, 0.3) is 0 Å². The molecule has 3 rings (SSSR count). The maximum Gasteiger partial charge on any atom is 0.241 e. The van der Waals surface area contributed by atoms with E-state index in [4.69, 9.17) is 23.2 Å². The van der Waals surface area contributed by atoms with Crippen LogP contribution < -0.4 is 10.6 Å². The predicted molar refractivity (Wildman–Crippen MR) is 99.8 cm³/mol. The van der Waals surface area contributed by atoms with Crippen molar-refractivity contribution in [1.82, 2.24) is 5.32 Å². The van der Waals surface area contributed by atoms with Crippen LogP contribution >= 0.6 is 23.2 Å². The number of nitrogens with one attached hydrogen (secondary N) is 2. The summed E-state index contributed by atoms with van der Waals surface area (Å²) in [6.45, 7) is 1.87. The van der Waals surface area contributed by atoms with Gasteiger partial charge in [-0.2, -0.15) is 0 Å². The topological polar surface area (TPSA) is 41.1 Å². The van der Waals surface area contributed by atoms with Crippen LogP contribution in [0.5, 0.6) is 0 Å². The van der Waals surface area contributed by atoms with Gasteiger partial charge in [-0.05, 0) is 55.5 Å². The molecule has 0 saturated heterocycles. The van der Waals surface area contributed by atoms with E-state index in [1.807, 2.05) is 6.92 Å². The Labute approximate surface area is 152 Å². The molecule has 24 heavy (non-hydrogen) atoms. The third-order valence-electron chi connectivity index (χ3n) is 4.40. The highest BCUT2D eigenvalue weighted by Gasteiger charge is 2.24. The molecule has 0 spiro atoms. The van der Waals surface area contributed by atoms with Gasteiger partial charge in [0, 0.05) is 11.1 Å². The molecule has 1 aliphatic carbocycles. The zero-order chi connectivity index (χ0) is 17.1. The van der Waals surface area contributed by atoms with Gasteiger partial charge in [-0.25, -0.2) is 0 Å². The van der Waals surface area contributed by atoms with Crippen molar-refractivity contribution in [2.75, 3.05) is 5.32 Å². The number of halogens is 2. The van der Waals surface area contributed by atoms with E-state index >= 15 is 0 Å². The fraction of sp³-hybridized carbons (Fsp3) is 0.316. The first-order valence-electron chi connectivity index (χ1n) is 8.14. The number of hydrogen-bond acceptors (Lipinski definition) is 2. The summed E-state index contributed by atoms with van der Waals surface area (Å²) in [4.78, 5) is 12.5. The van der Waals surface area contributed by atoms with E-state index in [0.29, 0.717) is 15.7 Å². The van der Waals surface area contributed by atoms with Crippen molar-refractivity contribution in [3.8, 4) is 0 Å². The van der Waals surface area contributed by atoms with E-state index in [9.17, 15) is 4.79 Å². The number of fused-ring (bicyclic) bond motifs is 1. The molecule has 0 aromatic heterocycles. The average Bonchev–Trinajstić information content (AvgIpc) is 2.58. The number of benzene rings is 2. The van der Waals surface area contributed by atoms with Gasteiger partial charge in [0.15, 0.2) is 0 Å². The maximum absolute atomic E-state index is 12.5. The Morgan fingerprint density at radius 3 is 2.83 bits per heavy atom. The van der Waals surface area contributed by atoms with Gasteiger partial charge < -0.3 is 5.32 Å². The summed E-state index contributed by atoms with van der Waals surface area (Å²) in [5.41, 5.74) is 3.20. The van der Waals surface area contributed by atoms with E-state index in [1.165, 1.54) is 11.1 Å². The molecule has 0 unspecified atom stereocenters. The minimum atomic E-state index is -0.337. The zero-order valence-corrected chi connectivity index (χ0v) is 15.0. The molecule has 5 heteroatoms. The lowest BCUT2D eigenvalue weighted by molar-refractivity contribution is -0.118. The van der Waals surface area contributed by atoms with Gasteiger partial charge in [0.2, 0.25) is 5.91 Å². The standard InChI is InChI=1S/C19H20Cl2N2O/c1-12(19(24)23-18-11-14(20)9-10-16(18)21)22-17-8-4-6-13-5-2-3-7-15(13)17/h2-3,5,7,9-12,17,22H,4,6,8H2,1H3,(H,23,24)/t12-,17-/m1/s1. The van der Waals surface area contributed by atoms with Crippen LogP contribution in [0.2, 0.25) is 10.0 Å². The number of amides is 1. The normalized spacial score (nSPS) is 17.9. The molecule has 0 aliphatic heterocycles. The quantitative estimate of drug-likeness (QED) is 0.804. The smallest absolute Gasteiger partial charge is 0.241 e. The van der Waals surface area contributed by atoms with E-state index in [0.717, 1.165) is 19.3 Å². The summed E-state index contributed by atoms with van der Waals surface area (Å²) >= 11 is 12.1. The monoisotopic (exact) mass is 362 g/mol. The van der Waals surface area contributed by atoms with Crippen molar-refractivity contribution in [3.05, 3.63) is 63.6 Å². The maximum atomic E-state index is 12.5. The minimum Gasteiger partial charge on any atom is -0.323 e. The van der Waals surface area contributed by atoms with Gasteiger partial charge in [-0.1, -0.05) is 47.5 Å². The molecule has 0 bridgehead atoms. The van der Waals surface area contributed by atoms with Crippen molar-refractivity contribution in [3.63, 3.8) is 0 Å². The van der Waals surface area contributed by atoms with Crippen molar-refractivity contribution in [2.24, 2.45) is 0 Å². The summed E-state index contributed by atoms with van der Waals surface area (Å²) in [5, 5.41) is 7.30. The molecule has 1 aliphatic rings. The Morgan fingerprint density at radius 1 is 1.21 bits per heavy atom. The summed E-state index contributed by atoms with van der Waals surface area (Å²) in [7, 11) is 0. The number of aryl methyl sites for hydroxylation is 1. The number of carbonyl (C=O) groups excluding carboxylic acids is 1. The van der Waals surface area contributed by atoms with Gasteiger partial charge in [0.25, 0.3) is 0 Å². The third-order valence-corrected chi connectivity index (χ3v) is 4.96. The fourth-order valence-electron chi connectivity index (χ4n) is 3.14. The van der Waals surface area contributed by atoms with Gasteiger partial charge in [-0.3, -0.25) is 10.1 Å². The van der Waals surface area contributed by atoms with E-state index < -0.39 is 0 Å².